The van der Waals surface area contributed by atoms with Gasteiger partial charge in [0.1, 0.15) is 11.5 Å². The van der Waals surface area contributed by atoms with Crippen molar-refractivity contribution in [2.45, 2.75) is 52.4 Å². The number of alkyl halides is 6. The SMILES string of the molecule is CCC(=O)c1ccc(-c2cnc3c(NCCC(F)(F)F)cc(-c4ccccc4O)cn23)cc1C.Cc1cc(-c2cnc3c(NCCC(F)(F)F)cc(-c4ccccc4O)cn23)ccc1C(=O)O. The van der Waals surface area contributed by atoms with Gasteiger partial charge in [0.2, 0.25) is 0 Å². The maximum atomic E-state index is 12.7. The van der Waals surface area contributed by atoms with Crippen LogP contribution in [0, 0.1) is 13.8 Å². The highest BCUT2D eigenvalue weighted by Gasteiger charge is 2.28. The molecule has 67 heavy (non-hydrogen) atoms. The van der Waals surface area contributed by atoms with Gasteiger partial charge in [-0.1, -0.05) is 61.5 Å². The number of anilines is 2. The van der Waals surface area contributed by atoms with Crippen molar-refractivity contribution in [1.82, 2.24) is 18.8 Å². The number of nitrogens with one attached hydrogen (secondary N) is 2. The molecule has 0 atom stereocenters. The standard InChI is InChI=1S/C26H24F3N3O2.C24H20F3N3O3/c1-3-23(33)19-9-8-17(12-16(19)2)22-14-31-25-21(30-11-10-26(27,28)29)13-18(15-32(22)25)20-6-4-5-7-24(20)34;1-14-10-15(6-7-17(14)23(32)33)20-12-29-22-19(28-9-8-24(25,26)27)11-16(13-30(20)22)18-4-2-3-5-21(18)31/h4-9,12-15,30,34H,3,10-11H2,1-2H3;2-7,10-13,28,31H,8-9H2,1H3,(H,32,33). The van der Waals surface area contributed by atoms with Crippen molar-refractivity contribution in [3.63, 3.8) is 0 Å². The number of carbonyl (C=O) groups excluding carboxylic acids is 1. The fraction of sp³-hybridized carbons (Fsp3) is 0.200. The van der Waals surface area contributed by atoms with E-state index in [2.05, 4.69) is 20.6 Å². The number of imidazole rings is 2. The maximum Gasteiger partial charge on any atom is 0.390 e. The van der Waals surface area contributed by atoms with Crippen molar-refractivity contribution in [1.29, 1.82) is 0 Å². The first-order valence-corrected chi connectivity index (χ1v) is 21.0. The zero-order valence-electron chi connectivity index (χ0n) is 36.3. The Morgan fingerprint density at radius 2 is 1.01 bits per heavy atom. The van der Waals surface area contributed by atoms with Gasteiger partial charge in [-0.2, -0.15) is 26.3 Å². The molecule has 0 aliphatic carbocycles. The number of aromatic carboxylic acids is 1. The number of pyridine rings is 2. The minimum atomic E-state index is -4.30. The van der Waals surface area contributed by atoms with Gasteiger partial charge in [-0.15, -0.1) is 0 Å². The van der Waals surface area contributed by atoms with E-state index in [9.17, 15) is 51.3 Å². The first kappa shape index (κ1) is 47.2. The Hall–Kier alpha value is -7.82. The number of fused-ring (bicyclic) bond motifs is 2. The lowest BCUT2D eigenvalue weighted by Gasteiger charge is -2.14. The summed E-state index contributed by atoms with van der Waals surface area (Å²) in [4.78, 5) is 32.4. The number of carboxylic acids is 1. The summed E-state index contributed by atoms with van der Waals surface area (Å²) in [5, 5.41) is 35.6. The predicted octanol–water partition coefficient (Wildman–Crippen LogP) is 12.4. The van der Waals surface area contributed by atoms with Gasteiger partial charge in [0.25, 0.3) is 0 Å². The Balaban J connectivity index is 0.000000199. The van der Waals surface area contributed by atoms with E-state index in [-0.39, 0.29) is 35.9 Å². The van der Waals surface area contributed by atoms with Crippen LogP contribution in [0.5, 0.6) is 11.5 Å². The largest absolute Gasteiger partial charge is 0.507 e. The molecule has 0 saturated heterocycles. The van der Waals surface area contributed by atoms with Gasteiger partial charge >= 0.3 is 18.3 Å². The molecule has 11 nitrogen and oxygen atoms in total. The predicted molar refractivity (Wildman–Crippen MR) is 245 cm³/mol. The van der Waals surface area contributed by atoms with Crippen molar-refractivity contribution >= 4 is 34.4 Å². The molecule has 4 aromatic heterocycles. The number of para-hydroxylation sites is 2. The second-order valence-corrected chi connectivity index (χ2v) is 15.7. The van der Waals surface area contributed by atoms with Crippen molar-refractivity contribution in [2.75, 3.05) is 23.7 Å². The fourth-order valence-electron chi connectivity index (χ4n) is 7.66. The summed E-state index contributed by atoms with van der Waals surface area (Å²) in [6.07, 6.45) is -3.42. The Morgan fingerprint density at radius 1 is 0.597 bits per heavy atom. The molecule has 4 aromatic carbocycles. The van der Waals surface area contributed by atoms with E-state index in [0.29, 0.717) is 79.4 Å². The Labute approximate surface area is 380 Å². The van der Waals surface area contributed by atoms with Crippen LogP contribution in [0.15, 0.2) is 122 Å². The molecule has 0 aliphatic rings. The summed E-state index contributed by atoms with van der Waals surface area (Å²) < 4.78 is 79.7. The summed E-state index contributed by atoms with van der Waals surface area (Å²) in [5.74, 6) is -0.889. The molecule has 0 spiro atoms. The van der Waals surface area contributed by atoms with Gasteiger partial charge in [0, 0.05) is 70.8 Å². The van der Waals surface area contributed by atoms with E-state index in [0.717, 1.165) is 11.1 Å². The van der Waals surface area contributed by atoms with Crippen molar-refractivity contribution < 1.29 is 51.3 Å². The van der Waals surface area contributed by atoms with Gasteiger partial charge < -0.3 is 26.0 Å². The number of Topliss-reactive ketones (excluding diaryl/α,β-unsaturated/α-hetero) is 1. The van der Waals surface area contributed by atoms with Crippen LogP contribution in [0.4, 0.5) is 37.7 Å². The molecule has 346 valence electrons. The molecule has 0 aliphatic heterocycles. The van der Waals surface area contributed by atoms with Crippen LogP contribution in [-0.2, 0) is 0 Å². The molecule has 4 heterocycles. The minimum Gasteiger partial charge on any atom is -0.507 e. The summed E-state index contributed by atoms with van der Waals surface area (Å²) in [6, 6.07) is 27.2. The number of aromatic nitrogens is 4. The minimum absolute atomic E-state index is 0.0291. The van der Waals surface area contributed by atoms with Crippen LogP contribution in [0.25, 0.3) is 56.1 Å². The molecular weight excluding hydrogens is 879 g/mol. The smallest absolute Gasteiger partial charge is 0.390 e. The molecule has 0 bridgehead atoms. The monoisotopic (exact) mass is 922 g/mol. The van der Waals surface area contributed by atoms with Crippen LogP contribution in [0.1, 0.15) is 58.0 Å². The van der Waals surface area contributed by atoms with Gasteiger partial charge in [0.05, 0.1) is 53.6 Å². The molecule has 0 fully saturated rings. The van der Waals surface area contributed by atoms with Gasteiger partial charge in [-0.3, -0.25) is 13.6 Å². The van der Waals surface area contributed by atoms with E-state index in [1.807, 2.05) is 26.0 Å². The number of aromatic hydroxyl groups is 2. The van der Waals surface area contributed by atoms with Gasteiger partial charge in [-0.25, -0.2) is 14.8 Å². The Bertz CT molecular complexity index is 3120. The third-order valence-electron chi connectivity index (χ3n) is 11.0. The Morgan fingerprint density at radius 3 is 1.39 bits per heavy atom. The number of carboxylic acid groups (broad SMARTS) is 1. The van der Waals surface area contributed by atoms with Crippen LogP contribution < -0.4 is 10.6 Å². The number of benzene rings is 4. The molecule has 17 heteroatoms. The highest BCUT2D eigenvalue weighted by atomic mass is 19.4. The number of hydrogen-bond acceptors (Lipinski definition) is 8. The zero-order chi connectivity index (χ0) is 48.2. The van der Waals surface area contributed by atoms with E-state index < -0.39 is 31.2 Å². The molecule has 0 radical (unpaired) electrons. The first-order valence-electron chi connectivity index (χ1n) is 21.0. The van der Waals surface area contributed by atoms with Gasteiger partial charge in [-0.05, 0) is 67.4 Å². The van der Waals surface area contributed by atoms with Crippen molar-refractivity contribution in [3.05, 3.63) is 144 Å². The number of phenolic OH excluding ortho intramolecular Hbond substituents is 2. The number of hydrogen-bond donors (Lipinski definition) is 5. The van der Waals surface area contributed by atoms with E-state index in [1.165, 1.54) is 12.1 Å². The maximum absolute atomic E-state index is 12.7. The summed E-state index contributed by atoms with van der Waals surface area (Å²) in [6.45, 7) is 4.73. The number of phenols is 2. The fourth-order valence-corrected chi connectivity index (χ4v) is 7.66. The lowest BCUT2D eigenvalue weighted by Crippen LogP contribution is -2.15. The normalized spacial score (nSPS) is 11.7. The Kier molecular flexibility index (Phi) is 13.6. The van der Waals surface area contributed by atoms with Crippen LogP contribution in [0.3, 0.4) is 0 Å². The highest BCUT2D eigenvalue weighted by molar-refractivity contribution is 5.98. The zero-order valence-corrected chi connectivity index (χ0v) is 36.3. The lowest BCUT2D eigenvalue weighted by molar-refractivity contribution is -0.132. The number of halogens is 6. The van der Waals surface area contributed by atoms with Crippen LogP contribution in [-0.4, -0.2) is 71.3 Å². The topological polar surface area (TPSA) is 153 Å². The van der Waals surface area contributed by atoms with Gasteiger partial charge in [0.15, 0.2) is 17.1 Å². The lowest BCUT2D eigenvalue weighted by atomic mass is 9.99. The third kappa shape index (κ3) is 10.8. The molecule has 0 saturated carbocycles. The quantitative estimate of drug-likeness (QED) is 0.0562. The average Bonchev–Trinajstić information content (AvgIpc) is 3.91. The van der Waals surface area contributed by atoms with E-state index in [4.69, 9.17) is 0 Å². The molecule has 0 unspecified atom stereocenters. The number of carbonyl (C=O) groups is 2. The average molecular weight is 923 g/mol. The first-order chi connectivity index (χ1) is 31.8. The third-order valence-corrected chi connectivity index (χ3v) is 11.0. The van der Waals surface area contributed by atoms with Crippen molar-refractivity contribution in [3.8, 4) is 56.3 Å². The molecule has 0 amide bonds. The van der Waals surface area contributed by atoms with Crippen LogP contribution in [0.2, 0.25) is 0 Å². The number of ketones is 1. The molecule has 5 N–H and O–H groups in total. The number of aryl methyl sites for hydroxylation is 2. The highest BCUT2D eigenvalue weighted by Crippen LogP contribution is 2.37. The summed E-state index contributed by atoms with van der Waals surface area (Å²) in [7, 11) is 0. The van der Waals surface area contributed by atoms with Crippen molar-refractivity contribution in [2.24, 2.45) is 0 Å². The van der Waals surface area contributed by atoms with Crippen LogP contribution >= 0.6 is 0 Å². The summed E-state index contributed by atoms with van der Waals surface area (Å²) >= 11 is 0. The summed E-state index contributed by atoms with van der Waals surface area (Å²) in [5.41, 5.74) is 9.00. The molecule has 8 rings (SSSR count). The number of rotatable bonds is 13. The molecular formula is C50H44F6N6O5. The van der Waals surface area contributed by atoms with E-state index >= 15 is 0 Å². The van der Waals surface area contributed by atoms with E-state index in [1.54, 1.807) is 113 Å². The molecule has 8 aromatic rings. The second-order valence-electron chi connectivity index (χ2n) is 15.7. The number of nitrogens with zero attached hydrogens (tertiary/aromatic N) is 4. The second kappa shape index (κ2) is 19.3.